The first-order valence-corrected chi connectivity index (χ1v) is 6.81. The minimum Gasteiger partial charge on any atom is -0.490 e. The van der Waals surface area contributed by atoms with Gasteiger partial charge in [0.15, 0.2) is 11.6 Å². The second-order valence-electron chi connectivity index (χ2n) is 2.56. The van der Waals surface area contributed by atoms with Gasteiger partial charge in [-0.1, -0.05) is 15.9 Å². The van der Waals surface area contributed by atoms with Crippen molar-refractivity contribution >= 4 is 37.6 Å². The first-order chi connectivity index (χ1) is 6.77. The molecule has 1 nitrogen and oxygen atoms in total. The van der Waals surface area contributed by atoms with E-state index in [9.17, 15) is 4.39 Å². The maximum Gasteiger partial charge on any atom is 0.166 e. The molecule has 0 bridgehead atoms. The normalized spacial score (nSPS) is 10.2. The van der Waals surface area contributed by atoms with Crippen LogP contribution in [-0.4, -0.2) is 11.9 Å². The maximum atomic E-state index is 13.3. The number of hydrogen-bond acceptors (Lipinski definition) is 2. The monoisotopic (exact) mass is 298 g/mol. The highest BCUT2D eigenvalue weighted by Gasteiger charge is 2.04. The number of benzene rings is 1. The molecule has 0 spiro atoms. The van der Waals surface area contributed by atoms with Gasteiger partial charge in [0.1, 0.15) is 0 Å². The molecule has 1 rings (SSSR count). The molecule has 0 radical (unpaired) electrons. The number of rotatable bonds is 5. The van der Waals surface area contributed by atoms with Gasteiger partial charge in [-0.15, -0.1) is 0 Å². The van der Waals surface area contributed by atoms with Crippen molar-refractivity contribution in [2.45, 2.75) is 11.3 Å². The van der Waals surface area contributed by atoms with Crippen molar-refractivity contribution in [3.63, 3.8) is 0 Å². The Morgan fingerprint density at radius 2 is 2.29 bits per heavy atom. The van der Waals surface area contributed by atoms with Gasteiger partial charge < -0.3 is 4.74 Å². The predicted molar refractivity (Wildman–Crippen MR) is 62.0 cm³/mol. The van der Waals surface area contributed by atoms with Crippen LogP contribution in [0.15, 0.2) is 23.1 Å². The van der Waals surface area contributed by atoms with Crippen molar-refractivity contribution in [1.82, 2.24) is 0 Å². The Bertz CT molecular complexity index is 298. The van der Waals surface area contributed by atoms with Crippen molar-refractivity contribution in [1.29, 1.82) is 0 Å². The third kappa shape index (κ3) is 3.67. The van der Waals surface area contributed by atoms with Crippen LogP contribution in [0, 0.1) is 5.82 Å². The Labute approximate surface area is 99.6 Å². The Hall–Kier alpha value is 0.0700. The van der Waals surface area contributed by atoms with Crippen molar-refractivity contribution < 1.29 is 9.13 Å². The number of alkyl halides is 1. The largest absolute Gasteiger partial charge is 0.490 e. The van der Waals surface area contributed by atoms with E-state index in [-0.39, 0.29) is 11.6 Å². The van der Waals surface area contributed by atoms with Crippen molar-refractivity contribution in [2.24, 2.45) is 0 Å². The molecule has 78 valence electrons. The Balaban J connectivity index is 2.59. The van der Waals surface area contributed by atoms with Crippen molar-refractivity contribution in [3.05, 3.63) is 24.0 Å². The zero-order valence-corrected chi connectivity index (χ0v) is 10.5. The zero-order chi connectivity index (χ0) is 10.4. The van der Waals surface area contributed by atoms with Crippen LogP contribution < -0.4 is 4.74 Å². The molecular weight excluding hydrogens is 291 g/mol. The van der Waals surface area contributed by atoms with E-state index < -0.39 is 0 Å². The number of halogens is 3. The van der Waals surface area contributed by atoms with Crippen LogP contribution in [0.5, 0.6) is 5.75 Å². The molecule has 1 aromatic carbocycles. The molecule has 5 heteroatoms. The van der Waals surface area contributed by atoms with Gasteiger partial charge in [-0.05, 0) is 46.3 Å². The molecule has 0 fully saturated rings. The molecule has 0 aromatic heterocycles. The molecular formula is C9H9BrClFOS. The van der Waals surface area contributed by atoms with Gasteiger partial charge in [0, 0.05) is 10.2 Å². The van der Waals surface area contributed by atoms with E-state index >= 15 is 0 Å². The van der Waals surface area contributed by atoms with E-state index in [4.69, 9.17) is 15.4 Å². The lowest BCUT2D eigenvalue weighted by atomic mass is 10.3. The Kier molecular flexibility index (Phi) is 5.67. The predicted octanol–water partition coefficient (Wildman–Crippen LogP) is 4.24. The number of ether oxygens (including phenoxy) is 1. The SMILES string of the molecule is Fc1cc(SCl)ccc1OCCCBr. The lowest BCUT2D eigenvalue weighted by Gasteiger charge is -2.06. The van der Waals surface area contributed by atoms with Gasteiger partial charge in [-0.2, -0.15) is 0 Å². The van der Waals surface area contributed by atoms with Gasteiger partial charge >= 0.3 is 0 Å². The van der Waals surface area contributed by atoms with Crippen molar-refractivity contribution in [2.75, 3.05) is 11.9 Å². The van der Waals surface area contributed by atoms with Gasteiger partial charge in [0.05, 0.1) is 6.61 Å². The lowest BCUT2D eigenvalue weighted by molar-refractivity contribution is 0.302. The molecule has 0 aliphatic heterocycles. The van der Waals surface area contributed by atoms with E-state index in [0.717, 1.165) is 22.7 Å². The Morgan fingerprint density at radius 3 is 2.86 bits per heavy atom. The van der Waals surface area contributed by atoms with Crippen molar-refractivity contribution in [3.8, 4) is 5.75 Å². The van der Waals surface area contributed by atoms with Gasteiger partial charge in [0.2, 0.25) is 0 Å². The highest BCUT2D eigenvalue weighted by atomic mass is 79.9. The fourth-order valence-corrected chi connectivity index (χ4v) is 1.67. The fraction of sp³-hybridized carbons (Fsp3) is 0.333. The first-order valence-electron chi connectivity index (χ1n) is 4.05. The summed E-state index contributed by atoms with van der Waals surface area (Å²) < 4.78 is 18.5. The van der Waals surface area contributed by atoms with Gasteiger partial charge in [0.25, 0.3) is 0 Å². The third-order valence-electron chi connectivity index (χ3n) is 1.53. The highest BCUT2D eigenvalue weighted by molar-refractivity contribution is 9.09. The highest BCUT2D eigenvalue weighted by Crippen LogP contribution is 2.27. The van der Waals surface area contributed by atoms with E-state index in [2.05, 4.69) is 15.9 Å². The summed E-state index contributed by atoms with van der Waals surface area (Å²) in [4.78, 5) is 0.678. The van der Waals surface area contributed by atoms with E-state index in [0.29, 0.717) is 11.5 Å². The topological polar surface area (TPSA) is 9.23 Å². The molecule has 0 heterocycles. The summed E-state index contributed by atoms with van der Waals surface area (Å²) in [6, 6.07) is 4.68. The van der Waals surface area contributed by atoms with E-state index in [1.165, 1.54) is 6.07 Å². The minimum atomic E-state index is -0.370. The van der Waals surface area contributed by atoms with Crippen LogP contribution in [0.3, 0.4) is 0 Å². The second-order valence-corrected chi connectivity index (χ2v) is 4.44. The van der Waals surface area contributed by atoms with E-state index in [1.807, 2.05) is 0 Å². The third-order valence-corrected chi connectivity index (χ3v) is 3.06. The van der Waals surface area contributed by atoms with Gasteiger partial charge in [-0.25, -0.2) is 4.39 Å². The summed E-state index contributed by atoms with van der Waals surface area (Å²) in [6.45, 7) is 0.509. The summed E-state index contributed by atoms with van der Waals surface area (Å²) in [5, 5.41) is 0.851. The molecule has 0 unspecified atom stereocenters. The first kappa shape index (κ1) is 12.1. The lowest BCUT2D eigenvalue weighted by Crippen LogP contribution is -1.99. The molecule has 0 aliphatic carbocycles. The minimum absolute atomic E-state index is 0.278. The summed E-state index contributed by atoms with van der Waals surface area (Å²) in [5.41, 5.74) is 0. The van der Waals surface area contributed by atoms with E-state index in [1.54, 1.807) is 12.1 Å². The summed E-state index contributed by atoms with van der Waals surface area (Å²) in [7, 11) is 6.47. The fourth-order valence-electron chi connectivity index (χ4n) is 0.883. The van der Waals surface area contributed by atoms with Crippen LogP contribution in [0.4, 0.5) is 4.39 Å². The van der Waals surface area contributed by atoms with Crippen LogP contribution in [0.25, 0.3) is 0 Å². The van der Waals surface area contributed by atoms with Crippen LogP contribution in [-0.2, 0) is 0 Å². The number of hydrogen-bond donors (Lipinski definition) is 0. The summed E-state index contributed by atoms with van der Waals surface area (Å²) >= 11 is 3.27. The average Bonchev–Trinajstić information content (AvgIpc) is 2.20. The molecule has 0 saturated heterocycles. The van der Waals surface area contributed by atoms with Crippen LogP contribution in [0.1, 0.15) is 6.42 Å². The quantitative estimate of drug-likeness (QED) is 0.594. The van der Waals surface area contributed by atoms with Crippen LogP contribution >= 0.6 is 37.6 Å². The summed E-state index contributed by atoms with van der Waals surface area (Å²) in [6.07, 6.45) is 0.853. The smallest absolute Gasteiger partial charge is 0.166 e. The average molecular weight is 300 g/mol. The Morgan fingerprint density at radius 1 is 1.50 bits per heavy atom. The maximum absolute atomic E-state index is 13.3. The van der Waals surface area contributed by atoms with Crippen LogP contribution in [0.2, 0.25) is 0 Å². The molecule has 0 aliphatic rings. The molecule has 1 aromatic rings. The summed E-state index contributed by atoms with van der Waals surface area (Å²) in [5.74, 6) is -0.0920. The molecule has 0 amide bonds. The standard InChI is InChI=1S/C9H9BrClFOS/c10-4-1-5-13-9-3-2-7(14-11)6-8(9)12/h2-3,6H,1,4-5H2. The molecule has 0 saturated carbocycles. The second kappa shape index (κ2) is 6.53. The molecule has 0 atom stereocenters. The molecule has 14 heavy (non-hydrogen) atoms. The zero-order valence-electron chi connectivity index (χ0n) is 7.30. The van der Waals surface area contributed by atoms with Gasteiger partial charge in [-0.3, -0.25) is 0 Å². The molecule has 0 N–H and O–H groups in total.